The van der Waals surface area contributed by atoms with E-state index >= 15 is 0 Å². The Balaban J connectivity index is 2.27. The molecule has 0 aromatic heterocycles. The van der Waals surface area contributed by atoms with E-state index in [1.807, 2.05) is 30.3 Å². The highest BCUT2D eigenvalue weighted by Gasteiger charge is 2.20. The van der Waals surface area contributed by atoms with Gasteiger partial charge in [0.1, 0.15) is 0 Å². The largest absolute Gasteiger partial charge is 0.493 e. The van der Waals surface area contributed by atoms with E-state index in [2.05, 4.69) is 10.5 Å². The van der Waals surface area contributed by atoms with E-state index in [4.69, 9.17) is 9.47 Å². The number of hydrogen-bond donors (Lipinski definition) is 1. The number of nitrogens with zero attached hydrogens (tertiary/aromatic N) is 2. The van der Waals surface area contributed by atoms with Crippen LogP contribution in [0.1, 0.15) is 5.56 Å². The standard InChI is InChI=1S/C15H15N3O4/c1-21-14-9-11(8-13(18(19)20)15(14)22-2)10-16-17-12-6-4-3-5-7-12/h3-10,17H,1-2H3/b16-10+. The fourth-order valence-electron chi connectivity index (χ4n) is 1.87. The molecular formula is C15H15N3O4. The van der Waals surface area contributed by atoms with Crippen molar-refractivity contribution in [1.82, 2.24) is 0 Å². The number of nitro groups is 1. The van der Waals surface area contributed by atoms with Crippen molar-refractivity contribution in [3.8, 4) is 11.5 Å². The highest BCUT2D eigenvalue weighted by molar-refractivity contribution is 5.83. The van der Waals surface area contributed by atoms with E-state index in [-0.39, 0.29) is 17.2 Å². The lowest BCUT2D eigenvalue weighted by molar-refractivity contribution is -0.385. The number of benzene rings is 2. The predicted octanol–water partition coefficient (Wildman–Crippen LogP) is 3.06. The van der Waals surface area contributed by atoms with Crippen molar-refractivity contribution in [2.45, 2.75) is 0 Å². The summed E-state index contributed by atoms with van der Waals surface area (Å²) in [6, 6.07) is 12.3. The van der Waals surface area contributed by atoms with E-state index in [1.54, 1.807) is 6.07 Å². The number of rotatable bonds is 6. The Bertz CT molecular complexity index is 687. The maximum absolute atomic E-state index is 11.1. The van der Waals surface area contributed by atoms with Crippen molar-refractivity contribution in [1.29, 1.82) is 0 Å². The van der Waals surface area contributed by atoms with E-state index in [0.717, 1.165) is 5.69 Å². The second-order valence-corrected chi connectivity index (χ2v) is 4.27. The van der Waals surface area contributed by atoms with Crippen LogP contribution in [-0.4, -0.2) is 25.4 Å². The zero-order chi connectivity index (χ0) is 15.9. The van der Waals surface area contributed by atoms with Crippen LogP contribution in [0.25, 0.3) is 0 Å². The van der Waals surface area contributed by atoms with Crippen LogP contribution in [0.2, 0.25) is 0 Å². The van der Waals surface area contributed by atoms with Crippen molar-refractivity contribution in [3.63, 3.8) is 0 Å². The minimum absolute atomic E-state index is 0.0840. The van der Waals surface area contributed by atoms with Gasteiger partial charge in [-0.3, -0.25) is 15.5 Å². The maximum atomic E-state index is 11.1. The summed E-state index contributed by atoms with van der Waals surface area (Å²) in [7, 11) is 2.78. The SMILES string of the molecule is COc1cc(/C=N/Nc2ccccc2)cc([N+](=O)[O-])c1OC. The molecule has 0 amide bonds. The molecule has 2 rings (SSSR count). The fraction of sp³-hybridized carbons (Fsp3) is 0.133. The van der Waals surface area contributed by atoms with Crippen molar-refractivity contribution >= 4 is 17.6 Å². The summed E-state index contributed by atoms with van der Waals surface area (Å²) < 4.78 is 10.2. The van der Waals surface area contributed by atoms with Gasteiger partial charge in [-0.25, -0.2) is 0 Å². The molecule has 0 bridgehead atoms. The van der Waals surface area contributed by atoms with Gasteiger partial charge in [0, 0.05) is 11.6 Å². The number of nitrogens with one attached hydrogen (secondary N) is 1. The van der Waals surface area contributed by atoms with Gasteiger partial charge in [-0.15, -0.1) is 0 Å². The first-order valence-corrected chi connectivity index (χ1v) is 6.40. The average Bonchev–Trinajstić information content (AvgIpc) is 2.54. The van der Waals surface area contributed by atoms with Gasteiger partial charge in [0.2, 0.25) is 5.75 Å². The molecule has 0 spiro atoms. The molecule has 114 valence electrons. The summed E-state index contributed by atoms with van der Waals surface area (Å²) in [6.07, 6.45) is 1.47. The first kappa shape index (κ1) is 15.3. The van der Waals surface area contributed by atoms with Gasteiger partial charge in [0.05, 0.1) is 31.0 Å². The molecule has 0 aliphatic rings. The third-order valence-electron chi connectivity index (χ3n) is 2.86. The van der Waals surface area contributed by atoms with Gasteiger partial charge >= 0.3 is 5.69 Å². The lowest BCUT2D eigenvalue weighted by atomic mass is 10.2. The highest BCUT2D eigenvalue weighted by Crippen LogP contribution is 2.37. The number of hydrogen-bond acceptors (Lipinski definition) is 6. The number of para-hydroxylation sites is 1. The minimum Gasteiger partial charge on any atom is -0.493 e. The predicted molar refractivity (Wildman–Crippen MR) is 83.9 cm³/mol. The van der Waals surface area contributed by atoms with Crippen molar-refractivity contribution in [2.75, 3.05) is 19.6 Å². The first-order valence-electron chi connectivity index (χ1n) is 6.40. The van der Waals surface area contributed by atoms with E-state index in [1.165, 1.54) is 26.5 Å². The Labute approximate surface area is 127 Å². The molecule has 0 aliphatic heterocycles. The smallest absolute Gasteiger partial charge is 0.315 e. The number of ether oxygens (including phenoxy) is 2. The molecule has 1 N–H and O–H groups in total. The van der Waals surface area contributed by atoms with Gasteiger partial charge in [-0.05, 0) is 18.2 Å². The lowest BCUT2D eigenvalue weighted by Gasteiger charge is -2.08. The molecule has 2 aromatic carbocycles. The zero-order valence-electron chi connectivity index (χ0n) is 12.1. The van der Waals surface area contributed by atoms with Crippen LogP contribution in [0.4, 0.5) is 11.4 Å². The van der Waals surface area contributed by atoms with Gasteiger partial charge in [-0.2, -0.15) is 5.10 Å². The molecule has 0 radical (unpaired) electrons. The third kappa shape index (κ3) is 3.51. The monoisotopic (exact) mass is 301 g/mol. The highest BCUT2D eigenvalue weighted by atomic mass is 16.6. The Morgan fingerprint density at radius 1 is 1.18 bits per heavy atom. The van der Waals surface area contributed by atoms with Crippen LogP contribution < -0.4 is 14.9 Å². The summed E-state index contributed by atoms with van der Waals surface area (Å²) in [5.41, 5.74) is 3.99. The van der Waals surface area contributed by atoms with Gasteiger partial charge in [0.15, 0.2) is 5.75 Å². The van der Waals surface area contributed by atoms with Crippen molar-refractivity contribution in [3.05, 3.63) is 58.1 Å². The summed E-state index contributed by atoms with van der Waals surface area (Å²) >= 11 is 0. The molecule has 0 heterocycles. The van der Waals surface area contributed by atoms with Crippen molar-refractivity contribution in [2.24, 2.45) is 5.10 Å². The Kier molecular flexibility index (Phi) is 4.92. The van der Waals surface area contributed by atoms with Crippen molar-refractivity contribution < 1.29 is 14.4 Å². The Morgan fingerprint density at radius 2 is 1.91 bits per heavy atom. The molecule has 7 heteroatoms. The molecule has 22 heavy (non-hydrogen) atoms. The number of hydrazone groups is 1. The minimum atomic E-state index is -0.524. The number of methoxy groups -OCH3 is 2. The quantitative estimate of drug-likeness (QED) is 0.503. The molecule has 0 unspecified atom stereocenters. The number of anilines is 1. The summed E-state index contributed by atoms with van der Waals surface area (Å²) in [5.74, 6) is 0.360. The molecule has 0 atom stereocenters. The summed E-state index contributed by atoms with van der Waals surface area (Å²) in [4.78, 5) is 10.6. The van der Waals surface area contributed by atoms with Crippen LogP contribution >= 0.6 is 0 Å². The molecule has 0 aliphatic carbocycles. The van der Waals surface area contributed by atoms with E-state index < -0.39 is 4.92 Å². The van der Waals surface area contributed by atoms with Gasteiger partial charge < -0.3 is 9.47 Å². The normalized spacial score (nSPS) is 10.5. The van der Waals surface area contributed by atoms with E-state index in [9.17, 15) is 10.1 Å². The summed E-state index contributed by atoms with van der Waals surface area (Å²) in [5, 5.41) is 15.2. The second-order valence-electron chi connectivity index (χ2n) is 4.27. The molecule has 7 nitrogen and oxygen atoms in total. The summed E-state index contributed by atoms with van der Waals surface area (Å²) in [6.45, 7) is 0. The first-order chi connectivity index (χ1) is 10.7. The molecule has 2 aromatic rings. The Morgan fingerprint density at radius 3 is 2.50 bits per heavy atom. The lowest BCUT2D eigenvalue weighted by Crippen LogP contribution is -1.99. The topological polar surface area (TPSA) is 86.0 Å². The Hall–Kier alpha value is -3.09. The third-order valence-corrected chi connectivity index (χ3v) is 2.86. The second kappa shape index (κ2) is 7.07. The van der Waals surface area contributed by atoms with Gasteiger partial charge in [0.25, 0.3) is 0 Å². The number of nitro benzene ring substituents is 1. The molecule has 0 fully saturated rings. The molecule has 0 saturated carbocycles. The maximum Gasteiger partial charge on any atom is 0.315 e. The zero-order valence-corrected chi connectivity index (χ0v) is 12.1. The van der Waals surface area contributed by atoms with Crippen LogP contribution in [0, 0.1) is 10.1 Å². The van der Waals surface area contributed by atoms with Crippen LogP contribution in [-0.2, 0) is 0 Å². The van der Waals surface area contributed by atoms with Crippen LogP contribution in [0.15, 0.2) is 47.6 Å². The molecule has 0 saturated heterocycles. The van der Waals surface area contributed by atoms with Crippen LogP contribution in [0.5, 0.6) is 11.5 Å². The average molecular weight is 301 g/mol. The van der Waals surface area contributed by atoms with E-state index in [0.29, 0.717) is 5.56 Å². The van der Waals surface area contributed by atoms with Crippen LogP contribution in [0.3, 0.4) is 0 Å². The molecular weight excluding hydrogens is 286 g/mol. The van der Waals surface area contributed by atoms with Gasteiger partial charge in [-0.1, -0.05) is 18.2 Å². The fourth-order valence-corrected chi connectivity index (χ4v) is 1.87.